The fraction of sp³-hybridized carbons (Fsp3) is 0.833. The Bertz CT molecular complexity index is 583. The van der Waals surface area contributed by atoms with Crippen molar-refractivity contribution in [1.82, 2.24) is 0 Å². The van der Waals surface area contributed by atoms with E-state index in [1.165, 1.54) is 38.5 Å². The first-order valence-corrected chi connectivity index (χ1v) is 17.4. The van der Waals surface area contributed by atoms with E-state index in [4.69, 9.17) is 0 Å². The zero-order chi connectivity index (χ0) is 31.5. The van der Waals surface area contributed by atoms with E-state index in [1.807, 2.05) is 0 Å². The third-order valence-corrected chi connectivity index (χ3v) is 7.43. The van der Waals surface area contributed by atoms with E-state index in [1.54, 1.807) is 0 Å². The number of aliphatic hydroxyl groups is 2. The Labute approximate surface area is 278 Å². The van der Waals surface area contributed by atoms with Crippen LogP contribution in [0.2, 0.25) is 0 Å². The van der Waals surface area contributed by atoms with Crippen LogP contribution in [0.5, 0.6) is 0 Å². The molecule has 0 aliphatic heterocycles. The molecule has 0 fully saturated rings. The third kappa shape index (κ3) is 45.5. The van der Waals surface area contributed by atoms with Gasteiger partial charge >= 0.3 is 19.5 Å². The van der Waals surface area contributed by atoms with Gasteiger partial charge in [0.15, 0.2) is 0 Å². The summed E-state index contributed by atoms with van der Waals surface area (Å²) in [6, 6.07) is 0. The largest absolute Gasteiger partial charge is 2.00 e. The molecule has 0 aromatic rings. The second-order valence-corrected chi connectivity index (χ2v) is 11.8. The van der Waals surface area contributed by atoms with Gasteiger partial charge < -0.3 is 30.0 Å². The molecule has 0 amide bonds. The second kappa shape index (κ2) is 39.0. The van der Waals surface area contributed by atoms with Crippen LogP contribution in [0.4, 0.5) is 0 Å². The van der Waals surface area contributed by atoms with Crippen molar-refractivity contribution in [1.29, 1.82) is 0 Å². The summed E-state index contributed by atoms with van der Waals surface area (Å²) in [5.41, 5.74) is 0. The fourth-order valence-corrected chi connectivity index (χ4v) is 4.72. The first kappa shape index (κ1) is 46.4. The van der Waals surface area contributed by atoms with E-state index in [9.17, 15) is 30.0 Å². The Morgan fingerprint density at radius 3 is 1.19 bits per heavy atom. The molecule has 248 valence electrons. The van der Waals surface area contributed by atoms with Gasteiger partial charge in [0.2, 0.25) is 0 Å². The Kier molecular flexibility index (Phi) is 42.1. The molecule has 0 unspecified atom stereocenters. The number of carboxylic acid groups (broad SMARTS) is 2. The SMILES string of the molecule is CCCCCC[C@@H](O)CC=CCCCCCCCC(=O)[O-].CCCCCC[C@@H](O)CC=CCCCCCCCC(=O)[O-].[Zn+2]. The molecule has 0 aliphatic rings. The van der Waals surface area contributed by atoms with Crippen LogP contribution < -0.4 is 10.2 Å². The quantitative estimate of drug-likeness (QED) is 0.0468. The average molecular weight is 660 g/mol. The number of allylic oxidation sites excluding steroid dienone is 2. The summed E-state index contributed by atoms with van der Waals surface area (Å²) in [6.07, 6.45) is 34.0. The predicted molar refractivity (Wildman–Crippen MR) is 172 cm³/mol. The van der Waals surface area contributed by atoms with Gasteiger partial charge in [-0.1, -0.05) is 128 Å². The first-order valence-electron chi connectivity index (χ1n) is 17.4. The van der Waals surface area contributed by atoms with Gasteiger partial charge in [0.25, 0.3) is 0 Å². The van der Waals surface area contributed by atoms with Crippen molar-refractivity contribution in [3.8, 4) is 0 Å². The molecule has 0 aromatic carbocycles. The molecule has 0 aromatic heterocycles. The number of carboxylic acids is 2. The van der Waals surface area contributed by atoms with Crippen molar-refractivity contribution in [3.63, 3.8) is 0 Å². The maximum absolute atomic E-state index is 10.2. The average Bonchev–Trinajstić information content (AvgIpc) is 2.95. The molecule has 0 spiro atoms. The molecule has 2 atom stereocenters. The van der Waals surface area contributed by atoms with Crippen LogP contribution in [0.3, 0.4) is 0 Å². The van der Waals surface area contributed by atoms with Gasteiger partial charge in [0.05, 0.1) is 12.2 Å². The summed E-state index contributed by atoms with van der Waals surface area (Å²) < 4.78 is 0. The molecular weight excluding hydrogens is 594 g/mol. The van der Waals surface area contributed by atoms with Crippen LogP contribution in [0.1, 0.15) is 181 Å². The van der Waals surface area contributed by atoms with E-state index in [2.05, 4.69) is 38.2 Å². The number of rotatable bonds is 30. The van der Waals surface area contributed by atoms with Crippen molar-refractivity contribution < 1.29 is 49.5 Å². The summed E-state index contributed by atoms with van der Waals surface area (Å²) in [5.74, 6) is -1.88. The van der Waals surface area contributed by atoms with E-state index >= 15 is 0 Å². The number of hydrogen-bond donors (Lipinski definition) is 2. The molecule has 0 saturated carbocycles. The Morgan fingerprint density at radius 2 is 0.837 bits per heavy atom. The van der Waals surface area contributed by atoms with Gasteiger partial charge in [-0.2, -0.15) is 0 Å². The predicted octanol–water partition coefficient (Wildman–Crippen LogP) is 7.49. The van der Waals surface area contributed by atoms with E-state index < -0.39 is 11.9 Å². The second-order valence-electron chi connectivity index (χ2n) is 11.8. The number of carbonyl (C=O) groups is 2. The molecule has 0 bridgehead atoms. The summed E-state index contributed by atoms with van der Waals surface area (Å²) >= 11 is 0. The van der Waals surface area contributed by atoms with Crippen LogP contribution in [0, 0.1) is 0 Å². The smallest absolute Gasteiger partial charge is 0.550 e. The summed E-state index contributed by atoms with van der Waals surface area (Å²) in [5, 5.41) is 40.0. The summed E-state index contributed by atoms with van der Waals surface area (Å²) in [4.78, 5) is 20.4. The molecule has 0 aliphatic carbocycles. The van der Waals surface area contributed by atoms with E-state index in [0.29, 0.717) is 0 Å². The maximum atomic E-state index is 10.2. The standard InChI is InChI=1S/2C18H34O3.Zn/c2*1-2-3-4-11-14-17(19)15-12-9-7-5-6-8-10-13-16-18(20)21;/h2*9,12,17,19H,2-8,10-11,13-16H2,1H3,(H,20,21);/q;;+2/p-2/t2*17-;/m11./s1. The van der Waals surface area contributed by atoms with Crippen LogP contribution in [-0.4, -0.2) is 34.4 Å². The number of unbranched alkanes of at least 4 members (excludes halogenated alkanes) is 16. The Hall–Kier alpha value is -1.04. The Balaban J connectivity index is -0.000000727. The van der Waals surface area contributed by atoms with Crippen LogP contribution >= 0.6 is 0 Å². The van der Waals surface area contributed by atoms with Crippen molar-refractivity contribution in [2.45, 2.75) is 193 Å². The molecule has 0 radical (unpaired) electrons. The molecule has 0 heterocycles. The van der Waals surface area contributed by atoms with Crippen molar-refractivity contribution in [2.75, 3.05) is 0 Å². The summed E-state index contributed by atoms with van der Waals surface area (Å²) in [7, 11) is 0. The fourth-order valence-electron chi connectivity index (χ4n) is 4.72. The number of aliphatic carboxylic acids is 2. The van der Waals surface area contributed by atoms with Crippen molar-refractivity contribution in [3.05, 3.63) is 24.3 Å². The zero-order valence-corrected chi connectivity index (χ0v) is 31.1. The van der Waals surface area contributed by atoms with E-state index in [0.717, 1.165) is 116 Å². The number of aliphatic hydroxyl groups excluding tert-OH is 2. The van der Waals surface area contributed by atoms with Crippen molar-refractivity contribution >= 4 is 11.9 Å². The zero-order valence-electron chi connectivity index (χ0n) is 28.1. The molecule has 0 saturated heterocycles. The summed E-state index contributed by atoms with van der Waals surface area (Å²) in [6.45, 7) is 4.39. The van der Waals surface area contributed by atoms with Gasteiger partial charge in [-0.15, -0.1) is 0 Å². The van der Waals surface area contributed by atoms with Crippen LogP contribution in [0.15, 0.2) is 24.3 Å². The molecule has 0 rings (SSSR count). The van der Waals surface area contributed by atoms with Gasteiger partial charge in [0, 0.05) is 11.9 Å². The van der Waals surface area contributed by atoms with Crippen LogP contribution in [-0.2, 0) is 29.1 Å². The molecule has 7 heteroatoms. The maximum Gasteiger partial charge on any atom is 2.00 e. The Morgan fingerprint density at radius 1 is 0.512 bits per heavy atom. The van der Waals surface area contributed by atoms with Crippen LogP contribution in [0.25, 0.3) is 0 Å². The molecule has 6 nitrogen and oxygen atoms in total. The van der Waals surface area contributed by atoms with Gasteiger partial charge in [-0.3, -0.25) is 0 Å². The minimum Gasteiger partial charge on any atom is -0.550 e. The third-order valence-electron chi connectivity index (χ3n) is 7.43. The monoisotopic (exact) mass is 658 g/mol. The molecular formula is C36H66O6Zn. The number of carbonyl (C=O) groups excluding carboxylic acids is 2. The van der Waals surface area contributed by atoms with Crippen molar-refractivity contribution in [2.24, 2.45) is 0 Å². The minimum atomic E-state index is -0.939. The minimum absolute atomic E-state index is 0. The van der Waals surface area contributed by atoms with Gasteiger partial charge in [-0.25, -0.2) is 0 Å². The normalized spacial score (nSPS) is 12.6. The number of hydrogen-bond acceptors (Lipinski definition) is 6. The molecule has 2 N–H and O–H groups in total. The van der Waals surface area contributed by atoms with E-state index in [-0.39, 0.29) is 44.5 Å². The first-order chi connectivity index (χ1) is 20.3. The topological polar surface area (TPSA) is 121 Å². The van der Waals surface area contributed by atoms with Gasteiger partial charge in [0.1, 0.15) is 0 Å². The molecule has 43 heavy (non-hydrogen) atoms. The van der Waals surface area contributed by atoms with Gasteiger partial charge in [-0.05, 0) is 77.0 Å².